The molecule has 0 aliphatic heterocycles. The highest BCUT2D eigenvalue weighted by molar-refractivity contribution is 7.81. The van der Waals surface area contributed by atoms with Crippen molar-refractivity contribution in [2.24, 2.45) is 5.73 Å². The summed E-state index contributed by atoms with van der Waals surface area (Å²) in [5.74, 6) is 0.921. The summed E-state index contributed by atoms with van der Waals surface area (Å²) < 4.78 is 5.81. The lowest BCUT2D eigenvalue weighted by molar-refractivity contribution is 0.301. The highest BCUT2D eigenvalue weighted by Gasteiger charge is 2.07. The first-order valence-corrected chi connectivity index (χ1v) is 6.74. The van der Waals surface area contributed by atoms with Crippen molar-refractivity contribution < 1.29 is 4.74 Å². The Morgan fingerprint density at radius 2 is 2.06 bits per heavy atom. The maximum Gasteiger partial charge on any atom is 0.140 e. The van der Waals surface area contributed by atoms with E-state index in [0.29, 0.717) is 11.6 Å². The Kier molecular flexibility index (Phi) is 3.93. The molecule has 2 rings (SSSR count). The average Bonchev–Trinajstić information content (AvgIpc) is 2.77. The fraction of sp³-hybridized carbons (Fsp3) is 0.231. The van der Waals surface area contributed by atoms with Crippen LogP contribution in [-0.4, -0.2) is 9.97 Å². The van der Waals surface area contributed by atoms with Gasteiger partial charge in [-0.3, -0.25) is 0 Å². The number of aryl methyl sites for hydroxylation is 2. The van der Waals surface area contributed by atoms with Crippen LogP contribution in [0.1, 0.15) is 21.0 Å². The van der Waals surface area contributed by atoms with E-state index in [1.807, 2.05) is 32.0 Å². The molecule has 2 N–H and O–H groups in total. The van der Waals surface area contributed by atoms with E-state index in [-0.39, 0.29) is 0 Å². The van der Waals surface area contributed by atoms with Gasteiger partial charge in [-0.05, 0) is 25.0 Å². The van der Waals surface area contributed by atoms with Gasteiger partial charge in [0, 0.05) is 6.20 Å². The molecule has 0 spiro atoms. The second-order valence-corrected chi connectivity index (χ2v) is 5.55. The van der Waals surface area contributed by atoms with Crippen LogP contribution in [0.25, 0.3) is 0 Å². The topological polar surface area (TPSA) is 48.1 Å². The van der Waals surface area contributed by atoms with E-state index in [1.54, 1.807) is 6.20 Å². The lowest BCUT2D eigenvalue weighted by Crippen LogP contribution is -2.06. The SMILES string of the molecule is Cc1cccc(C)c1OCc1ncc(C(N)=S)s1. The summed E-state index contributed by atoms with van der Waals surface area (Å²) in [5.41, 5.74) is 7.80. The fourth-order valence-electron chi connectivity index (χ4n) is 1.65. The summed E-state index contributed by atoms with van der Waals surface area (Å²) in [6.45, 7) is 4.51. The summed E-state index contributed by atoms with van der Waals surface area (Å²) in [7, 11) is 0. The lowest BCUT2D eigenvalue weighted by atomic mass is 10.1. The highest BCUT2D eigenvalue weighted by Crippen LogP contribution is 2.24. The quantitative estimate of drug-likeness (QED) is 0.874. The molecular weight excluding hydrogens is 264 g/mol. The molecule has 0 aliphatic rings. The number of aromatic nitrogens is 1. The van der Waals surface area contributed by atoms with Crippen LogP contribution in [0.3, 0.4) is 0 Å². The van der Waals surface area contributed by atoms with Crippen LogP contribution in [0.4, 0.5) is 0 Å². The fourth-order valence-corrected chi connectivity index (χ4v) is 2.51. The van der Waals surface area contributed by atoms with Crippen molar-refractivity contribution in [1.82, 2.24) is 4.98 Å². The third-order valence-electron chi connectivity index (χ3n) is 2.55. The normalized spacial score (nSPS) is 10.3. The number of thiazole rings is 1. The largest absolute Gasteiger partial charge is 0.486 e. The standard InChI is InChI=1S/C13H14N2OS2/c1-8-4-3-5-9(2)12(8)16-7-11-15-6-10(18-11)13(14)17/h3-6H,7H2,1-2H3,(H2,14,17). The van der Waals surface area contributed by atoms with Gasteiger partial charge in [0.05, 0.1) is 4.88 Å². The van der Waals surface area contributed by atoms with Crippen molar-refractivity contribution in [3.05, 3.63) is 45.4 Å². The maximum atomic E-state index is 5.81. The highest BCUT2D eigenvalue weighted by atomic mass is 32.1. The van der Waals surface area contributed by atoms with Gasteiger partial charge in [0.15, 0.2) is 0 Å². The van der Waals surface area contributed by atoms with Gasteiger partial charge in [0.1, 0.15) is 22.4 Å². The van der Waals surface area contributed by atoms with Crippen molar-refractivity contribution in [2.75, 3.05) is 0 Å². The first-order valence-electron chi connectivity index (χ1n) is 5.51. The Morgan fingerprint density at radius 1 is 1.39 bits per heavy atom. The van der Waals surface area contributed by atoms with Gasteiger partial charge in [-0.1, -0.05) is 30.4 Å². The van der Waals surface area contributed by atoms with E-state index in [2.05, 4.69) is 4.98 Å². The van der Waals surface area contributed by atoms with Crippen LogP contribution in [0.5, 0.6) is 5.75 Å². The van der Waals surface area contributed by atoms with Crippen molar-refractivity contribution in [1.29, 1.82) is 0 Å². The van der Waals surface area contributed by atoms with Gasteiger partial charge < -0.3 is 10.5 Å². The molecule has 0 aliphatic carbocycles. The van der Waals surface area contributed by atoms with E-state index >= 15 is 0 Å². The number of para-hydroxylation sites is 1. The summed E-state index contributed by atoms with van der Waals surface area (Å²) in [6.07, 6.45) is 1.69. The van der Waals surface area contributed by atoms with Gasteiger partial charge >= 0.3 is 0 Å². The predicted molar refractivity (Wildman–Crippen MR) is 78.2 cm³/mol. The molecule has 0 fully saturated rings. The van der Waals surface area contributed by atoms with E-state index in [9.17, 15) is 0 Å². The molecule has 0 atom stereocenters. The molecule has 5 heteroatoms. The minimum absolute atomic E-state index is 0.380. The first-order chi connectivity index (χ1) is 8.58. The Balaban J connectivity index is 2.09. The third kappa shape index (κ3) is 2.86. The second kappa shape index (κ2) is 5.46. The minimum Gasteiger partial charge on any atom is -0.486 e. The number of rotatable bonds is 4. The molecule has 0 unspecified atom stereocenters. The van der Waals surface area contributed by atoms with Crippen molar-refractivity contribution >= 4 is 28.5 Å². The first kappa shape index (κ1) is 13.0. The molecule has 0 radical (unpaired) electrons. The number of nitrogens with two attached hydrogens (primary N) is 1. The monoisotopic (exact) mass is 278 g/mol. The summed E-state index contributed by atoms with van der Waals surface area (Å²) >= 11 is 6.37. The van der Waals surface area contributed by atoms with Gasteiger partial charge in [-0.25, -0.2) is 4.98 Å². The van der Waals surface area contributed by atoms with Crippen LogP contribution >= 0.6 is 23.6 Å². The zero-order valence-corrected chi connectivity index (χ0v) is 11.9. The molecule has 1 aromatic carbocycles. The minimum atomic E-state index is 0.380. The number of benzene rings is 1. The van der Waals surface area contributed by atoms with Crippen LogP contribution in [0.2, 0.25) is 0 Å². The number of nitrogens with zero attached hydrogens (tertiary/aromatic N) is 1. The van der Waals surface area contributed by atoms with E-state index in [4.69, 9.17) is 22.7 Å². The van der Waals surface area contributed by atoms with E-state index in [0.717, 1.165) is 26.8 Å². The molecular formula is C13H14N2OS2. The van der Waals surface area contributed by atoms with Crippen molar-refractivity contribution in [2.45, 2.75) is 20.5 Å². The van der Waals surface area contributed by atoms with Crippen LogP contribution < -0.4 is 10.5 Å². The van der Waals surface area contributed by atoms with Gasteiger partial charge in [-0.2, -0.15) is 0 Å². The van der Waals surface area contributed by atoms with E-state index < -0.39 is 0 Å². The Morgan fingerprint density at radius 3 is 2.61 bits per heavy atom. The molecule has 0 bridgehead atoms. The number of hydrogen-bond acceptors (Lipinski definition) is 4. The maximum absolute atomic E-state index is 5.81. The summed E-state index contributed by atoms with van der Waals surface area (Å²) in [6, 6.07) is 6.08. The van der Waals surface area contributed by atoms with Crippen LogP contribution in [0.15, 0.2) is 24.4 Å². The Hall–Kier alpha value is -1.46. The second-order valence-electron chi connectivity index (χ2n) is 3.99. The molecule has 1 heterocycles. The third-order valence-corrected chi connectivity index (χ3v) is 3.90. The predicted octanol–water partition coefficient (Wildman–Crippen LogP) is 2.97. The molecule has 94 valence electrons. The Bertz CT molecular complexity index is 558. The van der Waals surface area contributed by atoms with Crippen molar-refractivity contribution in [3.8, 4) is 5.75 Å². The molecule has 1 aromatic heterocycles. The number of thiocarbonyl (C=S) groups is 1. The molecule has 0 saturated carbocycles. The zero-order chi connectivity index (χ0) is 13.1. The average molecular weight is 278 g/mol. The van der Waals surface area contributed by atoms with Gasteiger partial charge in [0.2, 0.25) is 0 Å². The Labute approximate surface area is 116 Å². The zero-order valence-electron chi connectivity index (χ0n) is 10.3. The lowest BCUT2D eigenvalue weighted by Gasteiger charge is -2.10. The molecule has 0 amide bonds. The number of hydrogen-bond donors (Lipinski definition) is 1. The molecule has 3 nitrogen and oxygen atoms in total. The van der Waals surface area contributed by atoms with Gasteiger partial charge in [-0.15, -0.1) is 11.3 Å². The number of ether oxygens (including phenoxy) is 1. The van der Waals surface area contributed by atoms with E-state index in [1.165, 1.54) is 11.3 Å². The van der Waals surface area contributed by atoms with Crippen molar-refractivity contribution in [3.63, 3.8) is 0 Å². The summed E-state index contributed by atoms with van der Waals surface area (Å²) in [4.78, 5) is 5.44. The van der Waals surface area contributed by atoms with Gasteiger partial charge in [0.25, 0.3) is 0 Å². The smallest absolute Gasteiger partial charge is 0.140 e. The molecule has 18 heavy (non-hydrogen) atoms. The summed E-state index contributed by atoms with van der Waals surface area (Å²) in [5, 5.41) is 0.875. The van der Waals surface area contributed by atoms with Crippen LogP contribution in [-0.2, 0) is 6.61 Å². The molecule has 2 aromatic rings. The molecule has 0 saturated heterocycles. The van der Waals surface area contributed by atoms with Crippen LogP contribution in [0, 0.1) is 13.8 Å².